The van der Waals surface area contributed by atoms with E-state index in [-0.39, 0.29) is 5.41 Å². The standard InChI is InChI=1S/C15H22ClNO/c1-2-18-14-7-6-12(10-13(14)16)15(11-17)8-4-3-5-9-15/h6-7,10H,2-5,8-9,11,17H2,1H3. The molecule has 0 spiro atoms. The van der Waals surface area contributed by atoms with E-state index in [4.69, 9.17) is 22.1 Å². The van der Waals surface area contributed by atoms with Gasteiger partial charge in [0, 0.05) is 12.0 Å². The van der Waals surface area contributed by atoms with Gasteiger partial charge in [-0.05, 0) is 37.5 Å². The highest BCUT2D eigenvalue weighted by Crippen LogP contribution is 2.40. The summed E-state index contributed by atoms with van der Waals surface area (Å²) < 4.78 is 5.48. The second-order valence-corrected chi connectivity index (χ2v) is 5.53. The Morgan fingerprint density at radius 1 is 1.28 bits per heavy atom. The van der Waals surface area contributed by atoms with Crippen molar-refractivity contribution in [1.29, 1.82) is 0 Å². The van der Waals surface area contributed by atoms with E-state index in [1.807, 2.05) is 19.1 Å². The molecular weight excluding hydrogens is 246 g/mol. The van der Waals surface area contributed by atoms with Crippen LogP contribution >= 0.6 is 11.6 Å². The van der Waals surface area contributed by atoms with Crippen LogP contribution in [0.1, 0.15) is 44.6 Å². The number of rotatable bonds is 4. The first kappa shape index (κ1) is 13.7. The van der Waals surface area contributed by atoms with Gasteiger partial charge >= 0.3 is 0 Å². The van der Waals surface area contributed by atoms with Crippen LogP contribution < -0.4 is 10.5 Å². The number of hydrogen-bond acceptors (Lipinski definition) is 2. The zero-order valence-corrected chi connectivity index (χ0v) is 11.8. The molecule has 2 rings (SSSR count). The molecule has 1 aliphatic rings. The molecule has 1 aromatic rings. The van der Waals surface area contributed by atoms with Crippen molar-refractivity contribution in [2.24, 2.45) is 5.73 Å². The topological polar surface area (TPSA) is 35.2 Å². The van der Waals surface area contributed by atoms with Gasteiger partial charge in [0.1, 0.15) is 5.75 Å². The molecule has 0 aromatic heterocycles. The summed E-state index contributed by atoms with van der Waals surface area (Å²) >= 11 is 6.28. The van der Waals surface area contributed by atoms with Crippen molar-refractivity contribution in [2.75, 3.05) is 13.2 Å². The lowest BCUT2D eigenvalue weighted by atomic mass is 9.69. The third-order valence-corrected chi connectivity index (χ3v) is 4.34. The van der Waals surface area contributed by atoms with Gasteiger partial charge in [-0.1, -0.05) is 36.9 Å². The predicted octanol–water partition coefficient (Wildman–Crippen LogP) is 3.90. The maximum absolute atomic E-state index is 6.28. The fourth-order valence-electron chi connectivity index (χ4n) is 2.94. The summed E-state index contributed by atoms with van der Waals surface area (Å²) in [6.07, 6.45) is 6.21. The van der Waals surface area contributed by atoms with Crippen molar-refractivity contribution in [3.8, 4) is 5.75 Å². The highest BCUT2D eigenvalue weighted by atomic mass is 35.5. The van der Waals surface area contributed by atoms with Gasteiger partial charge in [0.2, 0.25) is 0 Å². The first-order valence-electron chi connectivity index (χ1n) is 6.85. The summed E-state index contributed by atoms with van der Waals surface area (Å²) in [5.74, 6) is 0.769. The Hall–Kier alpha value is -0.730. The summed E-state index contributed by atoms with van der Waals surface area (Å²) in [5.41, 5.74) is 7.45. The molecule has 0 radical (unpaired) electrons. The molecule has 100 valence electrons. The maximum Gasteiger partial charge on any atom is 0.137 e. The molecule has 0 unspecified atom stereocenters. The first-order valence-corrected chi connectivity index (χ1v) is 7.22. The third-order valence-electron chi connectivity index (χ3n) is 4.05. The Bertz CT molecular complexity index is 399. The molecule has 1 aromatic carbocycles. The fourth-order valence-corrected chi connectivity index (χ4v) is 3.18. The molecule has 1 fully saturated rings. The minimum atomic E-state index is 0.132. The summed E-state index contributed by atoms with van der Waals surface area (Å²) in [4.78, 5) is 0. The molecule has 1 saturated carbocycles. The third kappa shape index (κ3) is 2.65. The lowest BCUT2D eigenvalue weighted by Gasteiger charge is -2.37. The van der Waals surface area contributed by atoms with E-state index in [0.717, 1.165) is 5.75 Å². The van der Waals surface area contributed by atoms with Gasteiger partial charge in [0.25, 0.3) is 0 Å². The second-order valence-electron chi connectivity index (χ2n) is 5.12. The zero-order chi connectivity index (χ0) is 13.0. The number of ether oxygens (including phenoxy) is 1. The van der Waals surface area contributed by atoms with Crippen LogP contribution in [0.2, 0.25) is 5.02 Å². The van der Waals surface area contributed by atoms with Crippen molar-refractivity contribution in [1.82, 2.24) is 0 Å². The normalized spacial score (nSPS) is 18.6. The smallest absolute Gasteiger partial charge is 0.137 e. The van der Waals surface area contributed by atoms with Gasteiger partial charge in [-0.25, -0.2) is 0 Å². The average molecular weight is 268 g/mol. The lowest BCUT2D eigenvalue weighted by molar-refractivity contribution is 0.300. The second kappa shape index (κ2) is 5.94. The molecule has 2 N–H and O–H groups in total. The zero-order valence-electron chi connectivity index (χ0n) is 11.0. The van der Waals surface area contributed by atoms with Gasteiger partial charge in [0.05, 0.1) is 11.6 Å². The predicted molar refractivity (Wildman–Crippen MR) is 76.4 cm³/mol. The number of benzene rings is 1. The number of nitrogens with two attached hydrogens (primary N) is 1. The largest absolute Gasteiger partial charge is 0.492 e. The molecule has 0 aliphatic heterocycles. The van der Waals surface area contributed by atoms with E-state index in [2.05, 4.69) is 6.07 Å². The number of hydrogen-bond donors (Lipinski definition) is 1. The Morgan fingerprint density at radius 3 is 2.56 bits per heavy atom. The molecular formula is C15H22ClNO. The van der Waals surface area contributed by atoms with Gasteiger partial charge in [-0.2, -0.15) is 0 Å². The van der Waals surface area contributed by atoms with Crippen LogP contribution in [0.15, 0.2) is 18.2 Å². The molecule has 0 heterocycles. The summed E-state index contributed by atoms with van der Waals surface area (Å²) in [7, 11) is 0. The fraction of sp³-hybridized carbons (Fsp3) is 0.600. The SMILES string of the molecule is CCOc1ccc(C2(CN)CCCCC2)cc1Cl. The summed E-state index contributed by atoms with van der Waals surface area (Å²) in [6.45, 7) is 3.31. The molecule has 0 amide bonds. The minimum absolute atomic E-state index is 0.132. The van der Waals surface area contributed by atoms with E-state index >= 15 is 0 Å². The molecule has 2 nitrogen and oxygen atoms in total. The van der Waals surface area contributed by atoms with Crippen LogP contribution in [-0.2, 0) is 5.41 Å². The van der Waals surface area contributed by atoms with E-state index < -0.39 is 0 Å². The van der Waals surface area contributed by atoms with Gasteiger partial charge in [-0.3, -0.25) is 0 Å². The van der Waals surface area contributed by atoms with Crippen LogP contribution in [0.5, 0.6) is 5.75 Å². The molecule has 1 aliphatic carbocycles. The Labute approximate surface area is 114 Å². The van der Waals surface area contributed by atoms with E-state index in [1.165, 1.54) is 37.7 Å². The Balaban J connectivity index is 2.28. The summed E-state index contributed by atoms with van der Waals surface area (Å²) in [5, 5.41) is 0.702. The minimum Gasteiger partial charge on any atom is -0.492 e. The first-order chi connectivity index (χ1) is 8.72. The van der Waals surface area contributed by atoms with Gasteiger partial charge < -0.3 is 10.5 Å². The quantitative estimate of drug-likeness (QED) is 0.898. The Morgan fingerprint density at radius 2 is 2.00 bits per heavy atom. The van der Waals surface area contributed by atoms with Crippen molar-refractivity contribution >= 4 is 11.6 Å². The van der Waals surface area contributed by atoms with Gasteiger partial charge in [-0.15, -0.1) is 0 Å². The van der Waals surface area contributed by atoms with Crippen LogP contribution in [0.3, 0.4) is 0 Å². The van der Waals surface area contributed by atoms with Crippen LogP contribution in [0, 0.1) is 0 Å². The van der Waals surface area contributed by atoms with Crippen molar-refractivity contribution in [2.45, 2.75) is 44.4 Å². The van der Waals surface area contributed by atoms with Crippen LogP contribution in [0.4, 0.5) is 0 Å². The van der Waals surface area contributed by atoms with E-state index in [1.54, 1.807) is 0 Å². The molecule has 3 heteroatoms. The molecule has 0 atom stereocenters. The molecule has 18 heavy (non-hydrogen) atoms. The lowest BCUT2D eigenvalue weighted by Crippen LogP contribution is -2.37. The maximum atomic E-state index is 6.28. The number of halogens is 1. The highest BCUT2D eigenvalue weighted by molar-refractivity contribution is 6.32. The average Bonchev–Trinajstić information content (AvgIpc) is 2.42. The molecule has 0 bridgehead atoms. The van der Waals surface area contributed by atoms with E-state index in [0.29, 0.717) is 18.2 Å². The monoisotopic (exact) mass is 267 g/mol. The van der Waals surface area contributed by atoms with Crippen molar-refractivity contribution in [3.05, 3.63) is 28.8 Å². The van der Waals surface area contributed by atoms with Gasteiger partial charge in [0.15, 0.2) is 0 Å². The summed E-state index contributed by atoms with van der Waals surface area (Å²) in [6, 6.07) is 6.16. The Kier molecular flexibility index (Phi) is 4.52. The highest BCUT2D eigenvalue weighted by Gasteiger charge is 2.32. The van der Waals surface area contributed by atoms with Crippen molar-refractivity contribution in [3.63, 3.8) is 0 Å². The van der Waals surface area contributed by atoms with Crippen LogP contribution in [0.25, 0.3) is 0 Å². The van der Waals surface area contributed by atoms with E-state index in [9.17, 15) is 0 Å². The van der Waals surface area contributed by atoms with Crippen molar-refractivity contribution < 1.29 is 4.74 Å². The van der Waals surface area contributed by atoms with Crippen LogP contribution in [-0.4, -0.2) is 13.2 Å². The molecule has 0 saturated heterocycles.